The van der Waals surface area contributed by atoms with E-state index < -0.39 is 11.7 Å². The highest BCUT2D eigenvalue weighted by atomic mass is 35.5. The molecule has 0 bridgehead atoms. The summed E-state index contributed by atoms with van der Waals surface area (Å²) in [6, 6.07) is 11.0. The van der Waals surface area contributed by atoms with Gasteiger partial charge in [-0.25, -0.2) is 4.39 Å². The Morgan fingerprint density at radius 2 is 1.85 bits per heavy atom. The van der Waals surface area contributed by atoms with Crippen LogP contribution in [0, 0.1) is 5.82 Å². The first-order valence-electron chi connectivity index (χ1n) is 8.46. The number of carbonyl (C=O) groups is 1. The van der Waals surface area contributed by atoms with Crippen LogP contribution >= 0.6 is 23.8 Å². The second-order valence-electron chi connectivity index (χ2n) is 6.10. The Kier molecular flexibility index (Phi) is 6.06. The van der Waals surface area contributed by atoms with Crippen LogP contribution in [0.25, 0.3) is 0 Å². The molecule has 136 valence electrons. The molecule has 3 rings (SSSR count). The number of piperidine rings is 1. The van der Waals surface area contributed by atoms with Crippen molar-refractivity contribution >= 4 is 46.2 Å². The Labute approximate surface area is 162 Å². The number of anilines is 2. The van der Waals surface area contributed by atoms with Crippen LogP contribution in [0.3, 0.4) is 0 Å². The van der Waals surface area contributed by atoms with Gasteiger partial charge in [-0.05, 0) is 61.8 Å². The van der Waals surface area contributed by atoms with Crippen LogP contribution in [0.5, 0.6) is 0 Å². The molecule has 1 fully saturated rings. The van der Waals surface area contributed by atoms with E-state index in [0.717, 1.165) is 43.4 Å². The molecule has 0 saturated carbocycles. The van der Waals surface area contributed by atoms with Crippen LogP contribution in [-0.2, 0) is 0 Å². The Hall–Kier alpha value is -2.18. The molecule has 2 aromatic rings. The van der Waals surface area contributed by atoms with Crippen molar-refractivity contribution < 1.29 is 9.18 Å². The summed E-state index contributed by atoms with van der Waals surface area (Å²) in [4.78, 5) is 14.4. The van der Waals surface area contributed by atoms with Crippen molar-refractivity contribution in [2.24, 2.45) is 0 Å². The second-order valence-corrected chi connectivity index (χ2v) is 6.92. The zero-order valence-corrected chi connectivity index (χ0v) is 15.7. The van der Waals surface area contributed by atoms with E-state index in [1.54, 1.807) is 0 Å². The van der Waals surface area contributed by atoms with E-state index in [1.807, 2.05) is 18.2 Å². The lowest BCUT2D eigenvalue weighted by atomic mass is 10.1. The fourth-order valence-corrected chi connectivity index (χ4v) is 3.51. The van der Waals surface area contributed by atoms with Crippen LogP contribution < -0.4 is 15.5 Å². The average Bonchev–Trinajstić information content (AvgIpc) is 2.62. The summed E-state index contributed by atoms with van der Waals surface area (Å²) in [6.07, 6.45) is 3.45. The number of halogens is 2. The molecule has 26 heavy (non-hydrogen) atoms. The van der Waals surface area contributed by atoms with E-state index >= 15 is 0 Å². The maximum Gasteiger partial charge on any atom is 0.257 e. The van der Waals surface area contributed by atoms with E-state index in [9.17, 15) is 9.18 Å². The number of amides is 1. The smallest absolute Gasteiger partial charge is 0.257 e. The summed E-state index contributed by atoms with van der Waals surface area (Å²) in [5, 5.41) is 6.39. The van der Waals surface area contributed by atoms with Crippen molar-refractivity contribution in [2.75, 3.05) is 23.3 Å². The van der Waals surface area contributed by atoms with Gasteiger partial charge < -0.3 is 10.2 Å². The Morgan fingerprint density at radius 1 is 1.12 bits per heavy atom. The quantitative estimate of drug-likeness (QED) is 0.751. The molecule has 1 saturated heterocycles. The molecule has 7 heteroatoms. The number of carbonyl (C=O) groups excluding carboxylic acids is 1. The normalized spacial score (nSPS) is 14.0. The number of nitrogens with zero attached hydrogens (tertiary/aromatic N) is 1. The molecule has 1 heterocycles. The van der Waals surface area contributed by atoms with E-state index in [4.69, 9.17) is 23.8 Å². The van der Waals surface area contributed by atoms with Crippen molar-refractivity contribution in [1.29, 1.82) is 0 Å². The fraction of sp³-hybridized carbons (Fsp3) is 0.263. The highest BCUT2D eigenvalue weighted by Gasteiger charge is 2.18. The highest BCUT2D eigenvalue weighted by Crippen LogP contribution is 2.35. The van der Waals surface area contributed by atoms with Gasteiger partial charge in [0, 0.05) is 18.7 Å². The SMILES string of the molecule is O=C(NC(=S)Nc1cccc(Cl)c1N1CCCCC1)c1cccc(F)c1. The van der Waals surface area contributed by atoms with Gasteiger partial charge >= 0.3 is 0 Å². The summed E-state index contributed by atoms with van der Waals surface area (Å²) in [5.41, 5.74) is 1.83. The molecule has 0 spiro atoms. The van der Waals surface area contributed by atoms with Crippen molar-refractivity contribution in [3.63, 3.8) is 0 Å². The molecular formula is C19H19ClFN3OS. The number of benzene rings is 2. The first-order valence-corrected chi connectivity index (χ1v) is 9.24. The maximum atomic E-state index is 13.3. The summed E-state index contributed by atoms with van der Waals surface area (Å²) < 4.78 is 13.3. The van der Waals surface area contributed by atoms with Gasteiger partial charge in [0.15, 0.2) is 5.11 Å². The second kappa shape index (κ2) is 8.47. The number of nitrogens with one attached hydrogen (secondary N) is 2. The van der Waals surface area contributed by atoms with Gasteiger partial charge in [-0.2, -0.15) is 0 Å². The largest absolute Gasteiger partial charge is 0.369 e. The van der Waals surface area contributed by atoms with Crippen LogP contribution in [-0.4, -0.2) is 24.1 Å². The monoisotopic (exact) mass is 391 g/mol. The molecule has 0 radical (unpaired) electrons. The maximum absolute atomic E-state index is 13.3. The Balaban J connectivity index is 1.73. The van der Waals surface area contributed by atoms with Gasteiger partial charge in [0.1, 0.15) is 5.82 Å². The molecule has 2 aromatic carbocycles. The predicted octanol–water partition coefficient (Wildman–Crippen LogP) is 4.60. The molecule has 0 aromatic heterocycles. The van der Waals surface area contributed by atoms with E-state index in [2.05, 4.69) is 15.5 Å². The lowest BCUT2D eigenvalue weighted by Crippen LogP contribution is -2.35. The van der Waals surface area contributed by atoms with Gasteiger partial charge in [-0.1, -0.05) is 23.7 Å². The van der Waals surface area contributed by atoms with Crippen LogP contribution in [0.15, 0.2) is 42.5 Å². The van der Waals surface area contributed by atoms with E-state index in [1.165, 1.54) is 24.6 Å². The number of para-hydroxylation sites is 1. The zero-order valence-electron chi connectivity index (χ0n) is 14.1. The lowest BCUT2D eigenvalue weighted by Gasteiger charge is -2.31. The van der Waals surface area contributed by atoms with Crippen LogP contribution in [0.2, 0.25) is 5.02 Å². The molecule has 4 nitrogen and oxygen atoms in total. The molecular weight excluding hydrogens is 373 g/mol. The van der Waals surface area contributed by atoms with Gasteiger partial charge in [0.25, 0.3) is 5.91 Å². The number of thiocarbonyl (C=S) groups is 1. The minimum atomic E-state index is -0.473. The average molecular weight is 392 g/mol. The van der Waals surface area contributed by atoms with Crippen molar-refractivity contribution in [2.45, 2.75) is 19.3 Å². The molecule has 0 atom stereocenters. The summed E-state index contributed by atoms with van der Waals surface area (Å²) in [7, 11) is 0. The predicted molar refractivity (Wildman–Crippen MR) is 108 cm³/mol. The first kappa shape index (κ1) is 18.6. The third-order valence-corrected chi connectivity index (χ3v) is 4.73. The van der Waals surface area contributed by atoms with Crippen LogP contribution in [0.1, 0.15) is 29.6 Å². The minimum Gasteiger partial charge on any atom is -0.369 e. The van der Waals surface area contributed by atoms with Crippen molar-refractivity contribution in [1.82, 2.24) is 5.32 Å². The van der Waals surface area contributed by atoms with Crippen molar-refractivity contribution in [3.05, 3.63) is 58.9 Å². The molecule has 1 amide bonds. The highest BCUT2D eigenvalue weighted by molar-refractivity contribution is 7.80. The Bertz CT molecular complexity index is 824. The minimum absolute atomic E-state index is 0.139. The van der Waals surface area contributed by atoms with Crippen LogP contribution in [0.4, 0.5) is 15.8 Å². The Morgan fingerprint density at radius 3 is 2.58 bits per heavy atom. The molecule has 0 unspecified atom stereocenters. The molecule has 1 aliphatic rings. The van der Waals surface area contributed by atoms with E-state index in [0.29, 0.717) is 5.02 Å². The topological polar surface area (TPSA) is 44.4 Å². The summed E-state index contributed by atoms with van der Waals surface area (Å²) in [6.45, 7) is 1.86. The zero-order chi connectivity index (χ0) is 18.5. The number of hydrogen-bond donors (Lipinski definition) is 2. The standard InChI is InChI=1S/C19H19ClFN3OS/c20-15-8-5-9-16(17(15)24-10-2-1-3-11-24)22-19(26)23-18(25)13-6-4-7-14(21)12-13/h4-9,12H,1-3,10-11H2,(H2,22,23,25,26). The molecule has 1 aliphatic heterocycles. The molecule has 2 N–H and O–H groups in total. The summed E-state index contributed by atoms with van der Waals surface area (Å²) in [5.74, 6) is -0.942. The number of rotatable bonds is 3. The fourth-order valence-electron chi connectivity index (χ4n) is 3.01. The van der Waals surface area contributed by atoms with Crippen molar-refractivity contribution in [3.8, 4) is 0 Å². The van der Waals surface area contributed by atoms with Gasteiger partial charge in [0.2, 0.25) is 0 Å². The van der Waals surface area contributed by atoms with Gasteiger partial charge in [-0.3, -0.25) is 10.1 Å². The molecule has 0 aliphatic carbocycles. The van der Waals surface area contributed by atoms with Gasteiger partial charge in [-0.15, -0.1) is 0 Å². The van der Waals surface area contributed by atoms with Gasteiger partial charge in [0.05, 0.1) is 16.4 Å². The first-order chi connectivity index (χ1) is 12.5. The number of hydrogen-bond acceptors (Lipinski definition) is 3. The van der Waals surface area contributed by atoms with E-state index in [-0.39, 0.29) is 10.7 Å². The summed E-state index contributed by atoms with van der Waals surface area (Å²) >= 11 is 11.7. The third-order valence-electron chi connectivity index (χ3n) is 4.22. The lowest BCUT2D eigenvalue weighted by molar-refractivity contribution is 0.0977. The third kappa shape index (κ3) is 4.51.